The number of phenolic OH excluding ortho intramolecular Hbond substituents is 1. The summed E-state index contributed by atoms with van der Waals surface area (Å²) in [6.45, 7) is 7.92. The third-order valence-corrected chi connectivity index (χ3v) is 6.71. The number of aromatic nitrogens is 3. The summed E-state index contributed by atoms with van der Waals surface area (Å²) in [6, 6.07) is 20.3. The van der Waals surface area contributed by atoms with Crippen LogP contribution in [0.4, 0.5) is 11.4 Å². The zero-order valence-electron chi connectivity index (χ0n) is 23.7. The second-order valence-electron chi connectivity index (χ2n) is 11.0. The normalized spacial score (nSPS) is 11.8. The summed E-state index contributed by atoms with van der Waals surface area (Å²) in [7, 11) is 1.48. The Labute approximate surface area is 238 Å². The number of benzene rings is 3. The molecule has 0 fully saturated rings. The van der Waals surface area contributed by atoms with Crippen LogP contribution in [0.5, 0.6) is 17.4 Å². The van der Waals surface area contributed by atoms with E-state index < -0.39 is 0 Å². The van der Waals surface area contributed by atoms with Crippen LogP contribution in [0.2, 0.25) is 0 Å². The number of rotatable bonds is 7. The molecule has 0 aliphatic heterocycles. The van der Waals surface area contributed by atoms with Gasteiger partial charge in [-0.1, -0.05) is 18.2 Å². The Balaban J connectivity index is 1.32. The zero-order valence-corrected chi connectivity index (χ0v) is 23.7. The maximum absolute atomic E-state index is 13.0. The van der Waals surface area contributed by atoms with Crippen LogP contribution in [-0.2, 0) is 12.0 Å². The highest BCUT2D eigenvalue weighted by Gasteiger charge is 2.23. The fourth-order valence-electron chi connectivity index (χ4n) is 4.69. The van der Waals surface area contributed by atoms with Gasteiger partial charge < -0.3 is 25.3 Å². The number of carbonyl (C=O) groups is 1. The molecule has 0 atom stereocenters. The Morgan fingerprint density at radius 3 is 2.46 bits per heavy atom. The smallest absolute Gasteiger partial charge is 0.273 e. The predicted octanol–water partition coefficient (Wildman–Crippen LogP) is 6.44. The molecule has 0 bridgehead atoms. The molecule has 0 aliphatic carbocycles. The van der Waals surface area contributed by atoms with E-state index in [1.54, 1.807) is 29.1 Å². The molecular weight excluding hydrogens is 518 g/mol. The first-order valence-corrected chi connectivity index (χ1v) is 13.2. The first-order valence-electron chi connectivity index (χ1n) is 13.2. The van der Waals surface area contributed by atoms with Gasteiger partial charge in [0.15, 0.2) is 17.4 Å². The molecule has 2 heterocycles. The number of ether oxygens (including phenoxy) is 1. The molecule has 4 N–H and O–H groups in total. The number of hydrogen-bond acceptors (Lipinski definition) is 6. The second kappa shape index (κ2) is 10.8. The number of carbonyl (C=O) groups excluding carboxylic acids is 1. The molecule has 0 saturated heterocycles. The van der Waals surface area contributed by atoms with E-state index in [-0.39, 0.29) is 23.1 Å². The van der Waals surface area contributed by atoms with Gasteiger partial charge in [0.1, 0.15) is 5.69 Å². The monoisotopic (exact) mass is 551 g/mol. The molecule has 5 aromatic rings. The summed E-state index contributed by atoms with van der Waals surface area (Å²) in [5, 5.41) is 28.8. The molecule has 210 valence electrons. The van der Waals surface area contributed by atoms with Crippen molar-refractivity contribution in [1.29, 1.82) is 0 Å². The van der Waals surface area contributed by atoms with Gasteiger partial charge in [-0.05, 0) is 87.7 Å². The van der Waals surface area contributed by atoms with Gasteiger partial charge in [0.05, 0.1) is 29.6 Å². The van der Waals surface area contributed by atoms with E-state index in [9.17, 15) is 15.0 Å². The Morgan fingerprint density at radius 1 is 1.05 bits per heavy atom. The van der Waals surface area contributed by atoms with E-state index in [1.165, 1.54) is 13.2 Å². The molecule has 3 aromatic carbocycles. The highest BCUT2D eigenvalue weighted by Crippen LogP contribution is 2.32. The Kier molecular flexibility index (Phi) is 7.28. The average Bonchev–Trinajstić information content (AvgIpc) is 3.48. The van der Waals surface area contributed by atoms with Crippen LogP contribution < -0.4 is 10.1 Å². The molecule has 0 saturated carbocycles. The van der Waals surface area contributed by atoms with Crippen LogP contribution in [0, 0.1) is 6.92 Å². The molecule has 0 radical (unpaired) electrons. The predicted molar refractivity (Wildman–Crippen MR) is 161 cm³/mol. The van der Waals surface area contributed by atoms with Crippen molar-refractivity contribution in [3.8, 4) is 17.4 Å². The molecule has 0 spiro atoms. The number of nitrogens with one attached hydrogen (secondary N) is 2. The van der Waals surface area contributed by atoms with Crippen LogP contribution in [0.25, 0.3) is 10.9 Å². The van der Waals surface area contributed by atoms with Crippen LogP contribution in [0.3, 0.4) is 0 Å². The van der Waals surface area contributed by atoms with E-state index in [0.717, 1.165) is 27.7 Å². The number of hydrogen-bond donors (Lipinski definition) is 4. The largest absolute Gasteiger partial charge is 0.504 e. The van der Waals surface area contributed by atoms with Crippen molar-refractivity contribution >= 4 is 34.4 Å². The molecule has 41 heavy (non-hydrogen) atoms. The fourth-order valence-corrected chi connectivity index (χ4v) is 4.69. The van der Waals surface area contributed by atoms with Crippen LogP contribution >= 0.6 is 0 Å². The van der Waals surface area contributed by atoms with Crippen molar-refractivity contribution in [1.82, 2.24) is 14.8 Å². The summed E-state index contributed by atoms with van der Waals surface area (Å²) >= 11 is 0. The number of nitrogens with zero attached hydrogens (tertiary/aromatic N) is 3. The Hall–Kier alpha value is -5.05. The SMILES string of the molecule is COc1ccc(N=Cc2c(O)[nH]c3ccc(Cc4ccc(NC(=O)c5cc(C)nn5C(C)(C)C)cc4)cc23)cc1O. The average molecular weight is 552 g/mol. The van der Waals surface area contributed by atoms with Crippen molar-refractivity contribution in [2.24, 2.45) is 4.99 Å². The van der Waals surface area contributed by atoms with Crippen molar-refractivity contribution in [2.75, 3.05) is 12.4 Å². The summed E-state index contributed by atoms with van der Waals surface area (Å²) in [4.78, 5) is 20.4. The lowest BCUT2D eigenvalue weighted by Gasteiger charge is -2.22. The van der Waals surface area contributed by atoms with Gasteiger partial charge in [0.2, 0.25) is 0 Å². The van der Waals surface area contributed by atoms with Crippen LogP contribution in [0.15, 0.2) is 71.7 Å². The summed E-state index contributed by atoms with van der Waals surface area (Å²) in [6.07, 6.45) is 2.23. The van der Waals surface area contributed by atoms with Gasteiger partial charge in [0.25, 0.3) is 5.91 Å². The Bertz CT molecular complexity index is 1760. The van der Waals surface area contributed by atoms with Crippen molar-refractivity contribution in [3.63, 3.8) is 0 Å². The van der Waals surface area contributed by atoms with Gasteiger partial charge in [-0.15, -0.1) is 0 Å². The van der Waals surface area contributed by atoms with E-state index in [0.29, 0.717) is 34.8 Å². The van der Waals surface area contributed by atoms with Gasteiger partial charge in [-0.3, -0.25) is 14.5 Å². The van der Waals surface area contributed by atoms with Gasteiger partial charge in [0, 0.05) is 28.9 Å². The van der Waals surface area contributed by atoms with Gasteiger partial charge in [-0.25, -0.2) is 0 Å². The number of methoxy groups -OCH3 is 1. The first kappa shape index (κ1) is 27.5. The lowest BCUT2D eigenvalue weighted by molar-refractivity contribution is 0.100. The Morgan fingerprint density at radius 2 is 1.78 bits per heavy atom. The molecule has 0 aliphatic rings. The molecule has 9 nitrogen and oxygen atoms in total. The molecule has 9 heteroatoms. The third-order valence-electron chi connectivity index (χ3n) is 6.71. The highest BCUT2D eigenvalue weighted by molar-refractivity contribution is 6.03. The van der Waals surface area contributed by atoms with Gasteiger partial charge in [-0.2, -0.15) is 5.10 Å². The van der Waals surface area contributed by atoms with Gasteiger partial charge >= 0.3 is 0 Å². The van der Waals surface area contributed by atoms with Crippen molar-refractivity contribution in [3.05, 3.63) is 94.8 Å². The number of aliphatic imine (C=N–C) groups is 1. The van der Waals surface area contributed by atoms with Crippen LogP contribution in [-0.4, -0.2) is 44.2 Å². The number of aryl methyl sites for hydroxylation is 1. The summed E-state index contributed by atoms with van der Waals surface area (Å²) < 4.78 is 6.83. The highest BCUT2D eigenvalue weighted by atomic mass is 16.5. The lowest BCUT2D eigenvalue weighted by Crippen LogP contribution is -2.29. The number of amides is 1. The van der Waals surface area contributed by atoms with Crippen LogP contribution in [0.1, 0.15) is 53.6 Å². The molecule has 0 unspecified atom stereocenters. The van der Waals surface area contributed by atoms with E-state index in [2.05, 4.69) is 20.4 Å². The molecule has 5 rings (SSSR count). The number of aromatic hydroxyl groups is 2. The fraction of sp³-hybridized carbons (Fsp3) is 0.219. The second-order valence-corrected chi connectivity index (χ2v) is 11.0. The summed E-state index contributed by atoms with van der Waals surface area (Å²) in [5.74, 6) is 0.165. The zero-order chi connectivity index (χ0) is 29.3. The maximum atomic E-state index is 13.0. The number of phenols is 1. The number of anilines is 1. The summed E-state index contributed by atoms with van der Waals surface area (Å²) in [5.41, 5.74) is 5.69. The topological polar surface area (TPSA) is 125 Å². The number of H-pyrrole nitrogens is 1. The molecule has 2 aromatic heterocycles. The third kappa shape index (κ3) is 5.94. The number of fused-ring (bicyclic) bond motifs is 1. The first-order chi connectivity index (χ1) is 19.5. The van der Waals surface area contributed by atoms with E-state index in [1.807, 2.05) is 70.2 Å². The lowest BCUT2D eigenvalue weighted by atomic mass is 10.0. The van der Waals surface area contributed by atoms with E-state index in [4.69, 9.17) is 4.74 Å². The van der Waals surface area contributed by atoms with E-state index >= 15 is 0 Å². The number of aromatic amines is 1. The molecular formula is C32H33N5O4. The minimum atomic E-state index is -0.313. The van der Waals surface area contributed by atoms with Crippen molar-refractivity contribution < 1.29 is 19.7 Å². The van der Waals surface area contributed by atoms with Crippen molar-refractivity contribution in [2.45, 2.75) is 39.7 Å². The minimum Gasteiger partial charge on any atom is -0.504 e. The standard InChI is InChI=1S/C32H33N5O4/c1-19-14-27(37(36-19)32(2,3)4)31(40)34-22-9-6-20(7-10-22)15-21-8-12-26-24(16-21)25(30(39)35-26)18-33-23-11-13-29(41-5)28(38)17-23/h6-14,16-18,35,38-39H,15H2,1-5H3,(H,34,40). The maximum Gasteiger partial charge on any atom is 0.273 e. The molecule has 1 amide bonds. The quantitative estimate of drug-likeness (QED) is 0.173. The minimum absolute atomic E-state index is 0.00946.